The molecule has 5 rings (SSSR count). The highest BCUT2D eigenvalue weighted by Gasteiger charge is 2.31. The van der Waals surface area contributed by atoms with E-state index in [0.29, 0.717) is 29.4 Å². The quantitative estimate of drug-likeness (QED) is 0.287. The summed E-state index contributed by atoms with van der Waals surface area (Å²) >= 11 is 0. The molecule has 37 heavy (non-hydrogen) atoms. The second kappa shape index (κ2) is 9.95. The molecule has 9 heteroatoms. The van der Waals surface area contributed by atoms with Crippen LogP contribution in [0.5, 0.6) is 11.6 Å². The molecule has 1 N–H and O–H groups in total. The highest BCUT2D eigenvalue weighted by molar-refractivity contribution is 5.85. The third kappa shape index (κ3) is 5.65. The van der Waals surface area contributed by atoms with E-state index in [9.17, 15) is 13.2 Å². The normalized spacial score (nSPS) is 20.1. The van der Waals surface area contributed by atoms with Crippen molar-refractivity contribution in [2.75, 3.05) is 12.4 Å². The average molecular weight is 511 g/mol. The molecule has 0 radical (unpaired) electrons. The standard InChI is InChI=1S/C28H29F3N4O2/c1-17-12-18(2)14-22(13-17)35-25-9-4-19(20-10-11-32-26(16-20)36-3)15-24(25)34-27(35)33-21-5-7-23(8-6-21)37-28(29,30)31/h4-11,15-18,22H,12-14H2,1-3H3,(H,33,34). The van der Waals surface area contributed by atoms with Gasteiger partial charge in [0.2, 0.25) is 11.8 Å². The molecule has 0 spiro atoms. The Bertz CT molecular complexity index is 1370. The Labute approximate surface area is 213 Å². The number of benzene rings is 2. The molecule has 2 aromatic carbocycles. The van der Waals surface area contributed by atoms with Crippen molar-refractivity contribution in [3.63, 3.8) is 0 Å². The predicted octanol–water partition coefficient (Wildman–Crippen LogP) is 7.75. The number of methoxy groups -OCH3 is 1. The van der Waals surface area contributed by atoms with Gasteiger partial charge in [0.1, 0.15) is 5.75 Å². The summed E-state index contributed by atoms with van der Waals surface area (Å²) in [4.78, 5) is 9.13. The van der Waals surface area contributed by atoms with Crippen molar-refractivity contribution in [2.24, 2.45) is 11.8 Å². The SMILES string of the molecule is COc1cc(-c2ccc3c(c2)nc(Nc2ccc(OC(F)(F)F)cc2)n3C2CC(C)CC(C)C2)ccn1. The largest absolute Gasteiger partial charge is 0.573 e. The first-order chi connectivity index (χ1) is 17.7. The zero-order chi connectivity index (χ0) is 26.2. The van der Waals surface area contributed by atoms with Crippen LogP contribution in [-0.4, -0.2) is 28.0 Å². The fourth-order valence-electron chi connectivity index (χ4n) is 5.42. The monoisotopic (exact) mass is 510 g/mol. The lowest BCUT2D eigenvalue weighted by atomic mass is 9.80. The van der Waals surface area contributed by atoms with Gasteiger partial charge in [-0.1, -0.05) is 19.9 Å². The maximum absolute atomic E-state index is 12.6. The fraction of sp³-hybridized carbons (Fsp3) is 0.357. The van der Waals surface area contributed by atoms with Crippen LogP contribution in [0, 0.1) is 11.8 Å². The fourth-order valence-corrected chi connectivity index (χ4v) is 5.42. The van der Waals surface area contributed by atoms with Crippen molar-refractivity contribution in [1.82, 2.24) is 14.5 Å². The molecule has 2 aromatic heterocycles. The summed E-state index contributed by atoms with van der Waals surface area (Å²) < 4.78 is 49.2. The molecule has 2 heterocycles. The maximum Gasteiger partial charge on any atom is 0.573 e. The van der Waals surface area contributed by atoms with Gasteiger partial charge < -0.3 is 19.4 Å². The number of pyridine rings is 1. The van der Waals surface area contributed by atoms with E-state index in [0.717, 1.165) is 35.0 Å². The van der Waals surface area contributed by atoms with Crippen molar-refractivity contribution in [3.8, 4) is 22.8 Å². The van der Waals surface area contributed by atoms with Crippen LogP contribution in [-0.2, 0) is 0 Å². The topological polar surface area (TPSA) is 61.2 Å². The van der Waals surface area contributed by atoms with Crippen molar-refractivity contribution in [3.05, 3.63) is 60.8 Å². The van der Waals surface area contributed by atoms with Gasteiger partial charge in [-0.05, 0) is 84.7 Å². The van der Waals surface area contributed by atoms with Crippen molar-refractivity contribution in [1.29, 1.82) is 0 Å². The molecule has 0 amide bonds. The highest BCUT2D eigenvalue weighted by atomic mass is 19.4. The third-order valence-electron chi connectivity index (χ3n) is 6.83. The first-order valence-corrected chi connectivity index (χ1v) is 12.3. The van der Waals surface area contributed by atoms with Crippen LogP contribution in [0.3, 0.4) is 0 Å². The van der Waals surface area contributed by atoms with Crippen LogP contribution < -0.4 is 14.8 Å². The summed E-state index contributed by atoms with van der Waals surface area (Å²) in [6, 6.07) is 16.0. The molecule has 194 valence electrons. The number of hydrogen-bond donors (Lipinski definition) is 1. The van der Waals surface area contributed by atoms with E-state index in [1.165, 1.54) is 18.6 Å². The number of fused-ring (bicyclic) bond motifs is 1. The summed E-state index contributed by atoms with van der Waals surface area (Å²) in [5.41, 5.74) is 4.43. The van der Waals surface area contributed by atoms with E-state index >= 15 is 0 Å². The van der Waals surface area contributed by atoms with Crippen LogP contribution in [0.25, 0.3) is 22.2 Å². The predicted molar refractivity (Wildman–Crippen MR) is 137 cm³/mol. The lowest BCUT2D eigenvalue weighted by Crippen LogP contribution is -2.23. The van der Waals surface area contributed by atoms with Gasteiger partial charge in [-0.25, -0.2) is 9.97 Å². The van der Waals surface area contributed by atoms with Crippen molar-refractivity contribution >= 4 is 22.7 Å². The molecule has 0 aliphatic heterocycles. The number of alkyl halides is 3. The van der Waals surface area contributed by atoms with Crippen LogP contribution >= 0.6 is 0 Å². The number of nitrogens with zero attached hydrogens (tertiary/aromatic N) is 3. The summed E-state index contributed by atoms with van der Waals surface area (Å²) in [5.74, 6) is 2.10. The zero-order valence-electron chi connectivity index (χ0n) is 20.9. The first kappa shape index (κ1) is 24.9. The number of anilines is 2. The van der Waals surface area contributed by atoms with Crippen molar-refractivity contribution in [2.45, 2.75) is 45.5 Å². The highest BCUT2D eigenvalue weighted by Crippen LogP contribution is 2.40. The average Bonchev–Trinajstić information content (AvgIpc) is 3.21. The van der Waals surface area contributed by atoms with Gasteiger partial charge in [0, 0.05) is 24.0 Å². The van der Waals surface area contributed by atoms with E-state index in [-0.39, 0.29) is 11.8 Å². The lowest BCUT2D eigenvalue weighted by molar-refractivity contribution is -0.274. The molecule has 6 nitrogen and oxygen atoms in total. The van der Waals surface area contributed by atoms with Crippen LogP contribution in [0.15, 0.2) is 60.8 Å². The van der Waals surface area contributed by atoms with Crippen LogP contribution in [0.4, 0.5) is 24.8 Å². The molecule has 0 saturated heterocycles. The van der Waals surface area contributed by atoms with E-state index in [4.69, 9.17) is 9.72 Å². The maximum atomic E-state index is 12.6. The summed E-state index contributed by atoms with van der Waals surface area (Å²) in [6.45, 7) is 4.56. The number of halogens is 3. The Morgan fingerprint density at radius 2 is 1.62 bits per heavy atom. The molecule has 1 aliphatic rings. The second-order valence-corrected chi connectivity index (χ2v) is 9.86. The van der Waals surface area contributed by atoms with Crippen LogP contribution in [0.2, 0.25) is 0 Å². The van der Waals surface area contributed by atoms with Gasteiger partial charge in [0.05, 0.1) is 18.1 Å². The molecule has 1 saturated carbocycles. The van der Waals surface area contributed by atoms with Crippen molar-refractivity contribution < 1.29 is 22.6 Å². The number of nitrogens with one attached hydrogen (secondary N) is 1. The van der Waals surface area contributed by atoms with Gasteiger partial charge >= 0.3 is 6.36 Å². The number of imidazole rings is 1. The van der Waals surface area contributed by atoms with Gasteiger partial charge in [0.25, 0.3) is 0 Å². The zero-order valence-corrected chi connectivity index (χ0v) is 20.9. The smallest absolute Gasteiger partial charge is 0.481 e. The van der Waals surface area contributed by atoms with E-state index in [1.807, 2.05) is 18.2 Å². The van der Waals surface area contributed by atoms with E-state index in [1.54, 1.807) is 25.4 Å². The molecule has 1 fully saturated rings. The van der Waals surface area contributed by atoms with E-state index < -0.39 is 6.36 Å². The molecular formula is C28H29F3N4O2. The number of aromatic nitrogens is 3. The Balaban J connectivity index is 1.53. The molecule has 1 aliphatic carbocycles. The second-order valence-electron chi connectivity index (χ2n) is 9.86. The minimum Gasteiger partial charge on any atom is -0.481 e. The van der Waals surface area contributed by atoms with Gasteiger partial charge in [0.15, 0.2) is 0 Å². The number of ether oxygens (including phenoxy) is 2. The summed E-state index contributed by atoms with van der Waals surface area (Å²) in [5, 5.41) is 3.34. The van der Waals surface area contributed by atoms with Gasteiger partial charge in [-0.2, -0.15) is 0 Å². The lowest BCUT2D eigenvalue weighted by Gasteiger charge is -2.33. The molecule has 4 aromatic rings. The number of rotatable bonds is 6. The molecular weight excluding hydrogens is 481 g/mol. The molecule has 2 atom stereocenters. The molecule has 0 bridgehead atoms. The van der Waals surface area contributed by atoms with Gasteiger partial charge in [-0.3, -0.25) is 0 Å². The number of hydrogen-bond acceptors (Lipinski definition) is 5. The minimum atomic E-state index is -4.73. The first-order valence-electron chi connectivity index (χ1n) is 12.3. The summed E-state index contributed by atoms with van der Waals surface area (Å²) in [7, 11) is 1.59. The Hall–Kier alpha value is -3.75. The Morgan fingerprint density at radius 3 is 2.30 bits per heavy atom. The minimum absolute atomic E-state index is 0.256. The van der Waals surface area contributed by atoms with Crippen LogP contribution in [0.1, 0.15) is 39.2 Å². The Morgan fingerprint density at radius 1 is 0.919 bits per heavy atom. The molecule has 2 unspecified atom stereocenters. The Kier molecular flexibility index (Phi) is 6.70. The van der Waals surface area contributed by atoms with E-state index in [2.05, 4.69) is 45.6 Å². The summed E-state index contributed by atoms with van der Waals surface area (Å²) in [6.07, 6.45) is 0.244. The third-order valence-corrected chi connectivity index (χ3v) is 6.83. The van der Waals surface area contributed by atoms with Gasteiger partial charge in [-0.15, -0.1) is 13.2 Å².